The highest BCUT2D eigenvalue weighted by molar-refractivity contribution is 7.98. The predicted molar refractivity (Wildman–Crippen MR) is 67.3 cm³/mol. The average Bonchev–Trinajstić information content (AvgIpc) is 2.26. The van der Waals surface area contributed by atoms with Crippen LogP contribution in [0.15, 0.2) is 11.2 Å². The molecule has 0 saturated heterocycles. The Labute approximate surface area is 108 Å². The number of halogens is 3. The molecule has 0 atom stereocenters. The summed E-state index contributed by atoms with van der Waals surface area (Å²) >= 11 is 1.29. The summed E-state index contributed by atoms with van der Waals surface area (Å²) in [6, 6.07) is 1.51. The number of rotatable bonds is 5. The van der Waals surface area contributed by atoms with E-state index in [-0.39, 0.29) is 5.82 Å². The quantitative estimate of drug-likeness (QED) is 0.663. The molecule has 0 fully saturated rings. The van der Waals surface area contributed by atoms with Crippen molar-refractivity contribution < 1.29 is 13.2 Å². The third-order valence-electron chi connectivity index (χ3n) is 2.04. The second-order valence-electron chi connectivity index (χ2n) is 3.60. The molecule has 0 aliphatic heterocycles. The maximum atomic E-state index is 12.3. The van der Waals surface area contributed by atoms with Crippen LogP contribution in [0, 0.1) is 0 Å². The monoisotopic (exact) mass is 280 g/mol. The minimum Gasteiger partial charge on any atom is -0.370 e. The molecule has 0 aliphatic rings. The molecule has 0 amide bonds. The molecule has 0 bridgehead atoms. The molecule has 1 aromatic heterocycles. The van der Waals surface area contributed by atoms with Gasteiger partial charge in [-0.1, -0.05) is 11.8 Å². The lowest BCUT2D eigenvalue weighted by atomic mass is 10.4. The SMILES string of the molecule is CCNc1cc(N(C)CC(F)(F)F)nc(SC)n1. The Kier molecular flexibility index (Phi) is 5.06. The average molecular weight is 280 g/mol. The van der Waals surface area contributed by atoms with Crippen LogP contribution in [0.2, 0.25) is 0 Å². The summed E-state index contributed by atoms with van der Waals surface area (Å²) < 4.78 is 37.0. The molecule has 0 aromatic carbocycles. The molecule has 102 valence electrons. The minimum atomic E-state index is -4.25. The summed E-state index contributed by atoms with van der Waals surface area (Å²) in [6.45, 7) is 1.50. The standard InChI is InChI=1S/C10H15F3N4S/c1-4-14-7-5-8(16-9(15-7)18-3)17(2)6-10(11,12)13/h5H,4,6H2,1-3H3,(H,14,15,16). The minimum absolute atomic E-state index is 0.252. The van der Waals surface area contributed by atoms with Crippen molar-refractivity contribution in [2.45, 2.75) is 18.3 Å². The summed E-state index contributed by atoms with van der Waals surface area (Å²) in [5, 5.41) is 3.41. The Bertz CT molecular complexity index is 397. The second-order valence-corrected chi connectivity index (χ2v) is 4.37. The van der Waals surface area contributed by atoms with Crippen LogP contribution in [-0.4, -0.2) is 42.5 Å². The van der Waals surface area contributed by atoms with E-state index in [1.165, 1.54) is 24.9 Å². The van der Waals surface area contributed by atoms with E-state index in [0.717, 1.165) is 4.90 Å². The maximum absolute atomic E-state index is 12.3. The van der Waals surface area contributed by atoms with Gasteiger partial charge in [0.25, 0.3) is 0 Å². The Morgan fingerprint density at radius 3 is 2.56 bits per heavy atom. The van der Waals surface area contributed by atoms with Gasteiger partial charge in [-0.2, -0.15) is 13.2 Å². The summed E-state index contributed by atoms with van der Waals surface area (Å²) in [5.74, 6) is 0.781. The molecule has 0 aliphatic carbocycles. The fourth-order valence-corrected chi connectivity index (χ4v) is 1.70. The predicted octanol–water partition coefficient (Wildman–Crippen LogP) is 2.63. The van der Waals surface area contributed by atoms with Crippen molar-refractivity contribution >= 4 is 23.4 Å². The van der Waals surface area contributed by atoms with E-state index in [9.17, 15) is 13.2 Å². The summed E-state index contributed by atoms with van der Waals surface area (Å²) in [6.07, 6.45) is -2.48. The topological polar surface area (TPSA) is 41.0 Å². The number of anilines is 2. The van der Waals surface area contributed by atoms with Crippen molar-refractivity contribution in [3.63, 3.8) is 0 Å². The number of nitrogens with zero attached hydrogens (tertiary/aromatic N) is 3. The van der Waals surface area contributed by atoms with Crippen molar-refractivity contribution in [2.24, 2.45) is 0 Å². The van der Waals surface area contributed by atoms with E-state index in [1.807, 2.05) is 6.92 Å². The summed E-state index contributed by atoms with van der Waals surface area (Å²) in [5.41, 5.74) is 0. The van der Waals surface area contributed by atoms with Gasteiger partial charge in [-0.3, -0.25) is 0 Å². The maximum Gasteiger partial charge on any atom is 0.405 e. The van der Waals surface area contributed by atoms with Gasteiger partial charge < -0.3 is 10.2 Å². The molecule has 4 nitrogen and oxygen atoms in total. The zero-order valence-electron chi connectivity index (χ0n) is 10.4. The normalized spacial score (nSPS) is 11.4. The van der Waals surface area contributed by atoms with Crippen molar-refractivity contribution in [1.82, 2.24) is 9.97 Å². The molecule has 1 N–H and O–H groups in total. The fourth-order valence-electron chi connectivity index (χ4n) is 1.32. The third kappa shape index (κ3) is 4.59. The molecule has 0 spiro atoms. The first-order chi connectivity index (χ1) is 8.35. The lowest BCUT2D eigenvalue weighted by molar-refractivity contribution is -0.119. The zero-order valence-corrected chi connectivity index (χ0v) is 11.2. The molecule has 1 rings (SSSR count). The Morgan fingerprint density at radius 2 is 2.06 bits per heavy atom. The van der Waals surface area contributed by atoms with Gasteiger partial charge in [0, 0.05) is 19.7 Å². The molecule has 0 unspecified atom stereocenters. The van der Waals surface area contributed by atoms with Gasteiger partial charge >= 0.3 is 6.18 Å². The summed E-state index contributed by atoms with van der Waals surface area (Å²) in [7, 11) is 1.36. The molecule has 1 aromatic rings. The fraction of sp³-hybridized carbons (Fsp3) is 0.600. The first-order valence-corrected chi connectivity index (χ1v) is 6.53. The van der Waals surface area contributed by atoms with Gasteiger partial charge in [-0.25, -0.2) is 9.97 Å². The molecule has 18 heavy (non-hydrogen) atoms. The number of hydrogen-bond donors (Lipinski definition) is 1. The van der Waals surface area contributed by atoms with E-state index < -0.39 is 12.7 Å². The van der Waals surface area contributed by atoms with E-state index >= 15 is 0 Å². The molecule has 0 radical (unpaired) electrons. The molecular weight excluding hydrogens is 265 g/mol. The molecular formula is C10H15F3N4S. The van der Waals surface area contributed by atoms with Crippen LogP contribution in [0.1, 0.15) is 6.92 Å². The highest BCUT2D eigenvalue weighted by Gasteiger charge is 2.30. The van der Waals surface area contributed by atoms with Gasteiger partial charge in [0.1, 0.15) is 18.2 Å². The van der Waals surface area contributed by atoms with Gasteiger partial charge in [-0.05, 0) is 13.2 Å². The lowest BCUT2D eigenvalue weighted by Crippen LogP contribution is -2.31. The zero-order chi connectivity index (χ0) is 13.8. The number of nitrogens with one attached hydrogen (secondary N) is 1. The van der Waals surface area contributed by atoms with Gasteiger partial charge in [-0.15, -0.1) is 0 Å². The number of hydrogen-bond acceptors (Lipinski definition) is 5. The smallest absolute Gasteiger partial charge is 0.370 e. The van der Waals surface area contributed by atoms with Crippen molar-refractivity contribution in [2.75, 3.05) is 36.6 Å². The third-order valence-corrected chi connectivity index (χ3v) is 2.59. The van der Waals surface area contributed by atoms with Gasteiger partial charge in [0.2, 0.25) is 0 Å². The molecule has 0 saturated carbocycles. The Balaban J connectivity index is 2.96. The number of alkyl halides is 3. The van der Waals surface area contributed by atoms with E-state index in [4.69, 9.17) is 0 Å². The van der Waals surface area contributed by atoms with Crippen molar-refractivity contribution in [3.05, 3.63) is 6.07 Å². The largest absolute Gasteiger partial charge is 0.405 e. The second kappa shape index (κ2) is 6.12. The van der Waals surface area contributed by atoms with Crippen molar-refractivity contribution in [3.8, 4) is 0 Å². The first-order valence-electron chi connectivity index (χ1n) is 5.30. The Hall–Kier alpha value is -1.18. The lowest BCUT2D eigenvalue weighted by Gasteiger charge is -2.20. The van der Waals surface area contributed by atoms with E-state index in [0.29, 0.717) is 17.5 Å². The molecule has 1 heterocycles. The van der Waals surface area contributed by atoms with Crippen LogP contribution >= 0.6 is 11.8 Å². The highest BCUT2D eigenvalue weighted by atomic mass is 32.2. The van der Waals surface area contributed by atoms with Gasteiger partial charge in [0.15, 0.2) is 5.16 Å². The van der Waals surface area contributed by atoms with Crippen molar-refractivity contribution in [1.29, 1.82) is 0 Å². The van der Waals surface area contributed by atoms with E-state index in [2.05, 4.69) is 15.3 Å². The highest BCUT2D eigenvalue weighted by Crippen LogP contribution is 2.23. The van der Waals surface area contributed by atoms with Crippen LogP contribution in [0.25, 0.3) is 0 Å². The van der Waals surface area contributed by atoms with Crippen LogP contribution in [-0.2, 0) is 0 Å². The van der Waals surface area contributed by atoms with Crippen LogP contribution in [0.3, 0.4) is 0 Å². The van der Waals surface area contributed by atoms with Crippen LogP contribution in [0.4, 0.5) is 24.8 Å². The van der Waals surface area contributed by atoms with Crippen LogP contribution < -0.4 is 10.2 Å². The number of thioether (sulfide) groups is 1. The first kappa shape index (κ1) is 14.9. The van der Waals surface area contributed by atoms with E-state index in [1.54, 1.807) is 6.26 Å². The van der Waals surface area contributed by atoms with Gasteiger partial charge in [0.05, 0.1) is 0 Å². The summed E-state index contributed by atoms with van der Waals surface area (Å²) in [4.78, 5) is 9.27. The molecule has 8 heteroatoms. The van der Waals surface area contributed by atoms with Crippen LogP contribution in [0.5, 0.6) is 0 Å². The Morgan fingerprint density at radius 1 is 1.39 bits per heavy atom. The number of aromatic nitrogens is 2.